The highest BCUT2D eigenvalue weighted by Crippen LogP contribution is 2.25. The highest BCUT2D eigenvalue weighted by atomic mass is 127. The normalized spacial score (nSPS) is 12.4. The number of anilines is 1. The largest absolute Gasteiger partial charge is 0.324 e. The number of hydrogen-bond acceptors (Lipinski definition) is 3. The molecule has 5 heteroatoms. The van der Waals surface area contributed by atoms with E-state index in [1.807, 2.05) is 30.3 Å². The van der Waals surface area contributed by atoms with Crippen LogP contribution in [0, 0.1) is 9.49 Å². The summed E-state index contributed by atoms with van der Waals surface area (Å²) in [6.45, 7) is 4.64. The van der Waals surface area contributed by atoms with E-state index in [2.05, 4.69) is 58.5 Å². The molecule has 0 bridgehead atoms. The molecule has 21 heavy (non-hydrogen) atoms. The van der Waals surface area contributed by atoms with E-state index in [0.29, 0.717) is 12.5 Å². The van der Waals surface area contributed by atoms with Gasteiger partial charge in [-0.25, -0.2) is 0 Å². The fraction of sp³-hybridized carbons (Fsp3) is 0.312. The third-order valence-corrected chi connectivity index (χ3v) is 5.04. The molecule has 112 valence electrons. The van der Waals surface area contributed by atoms with E-state index in [0.717, 1.165) is 9.26 Å². The van der Waals surface area contributed by atoms with Gasteiger partial charge in [-0.05, 0) is 52.1 Å². The molecule has 0 saturated carbocycles. The summed E-state index contributed by atoms with van der Waals surface area (Å²) in [5.41, 5.74) is 0.863. The van der Waals surface area contributed by atoms with Gasteiger partial charge in [0.05, 0.1) is 12.2 Å². The molecule has 1 heterocycles. The minimum atomic E-state index is -0.0127. The topological polar surface area (TPSA) is 41.1 Å². The number of benzene rings is 1. The number of amides is 1. The van der Waals surface area contributed by atoms with E-state index >= 15 is 0 Å². The van der Waals surface area contributed by atoms with E-state index in [-0.39, 0.29) is 11.9 Å². The van der Waals surface area contributed by atoms with Crippen LogP contribution >= 0.6 is 33.9 Å². The highest BCUT2D eigenvalue weighted by Gasteiger charge is 2.17. The zero-order valence-electron chi connectivity index (χ0n) is 12.1. The monoisotopic (exact) mass is 414 g/mol. The Kier molecular flexibility index (Phi) is 6.20. The van der Waals surface area contributed by atoms with Crippen molar-refractivity contribution in [3.63, 3.8) is 0 Å². The maximum atomic E-state index is 12.1. The van der Waals surface area contributed by atoms with Crippen molar-refractivity contribution in [2.24, 2.45) is 5.92 Å². The molecule has 1 aromatic heterocycles. The van der Waals surface area contributed by atoms with Gasteiger partial charge in [-0.2, -0.15) is 0 Å². The van der Waals surface area contributed by atoms with Gasteiger partial charge in [0.2, 0.25) is 5.91 Å². The Hall–Kier alpha value is -0.920. The van der Waals surface area contributed by atoms with Gasteiger partial charge >= 0.3 is 0 Å². The number of nitrogens with one attached hydrogen (secondary N) is 2. The first-order valence-electron chi connectivity index (χ1n) is 6.89. The zero-order valence-corrected chi connectivity index (χ0v) is 15.1. The number of carbonyl (C=O) groups is 1. The van der Waals surface area contributed by atoms with Crippen molar-refractivity contribution < 1.29 is 4.79 Å². The minimum absolute atomic E-state index is 0.0127. The zero-order chi connectivity index (χ0) is 15.2. The van der Waals surface area contributed by atoms with Crippen LogP contribution in [0.25, 0.3) is 0 Å². The molecule has 3 nitrogen and oxygen atoms in total. The van der Waals surface area contributed by atoms with Crippen molar-refractivity contribution in [3.05, 3.63) is 50.2 Å². The average Bonchev–Trinajstić information content (AvgIpc) is 2.95. The number of thiophene rings is 1. The first-order valence-corrected chi connectivity index (χ1v) is 8.85. The second-order valence-corrected chi connectivity index (χ2v) is 7.29. The van der Waals surface area contributed by atoms with E-state index in [1.165, 1.54) is 4.88 Å². The summed E-state index contributed by atoms with van der Waals surface area (Å²) in [6, 6.07) is 12.1. The van der Waals surface area contributed by atoms with Gasteiger partial charge in [0.25, 0.3) is 0 Å². The Balaban J connectivity index is 1.92. The lowest BCUT2D eigenvalue weighted by Gasteiger charge is -2.21. The molecule has 0 aliphatic carbocycles. The molecule has 2 rings (SSSR count). The molecule has 1 aromatic carbocycles. The van der Waals surface area contributed by atoms with Crippen LogP contribution < -0.4 is 10.6 Å². The molecule has 0 saturated heterocycles. The number of para-hydroxylation sites is 1. The van der Waals surface area contributed by atoms with Crippen LogP contribution in [0.2, 0.25) is 0 Å². The Morgan fingerprint density at radius 2 is 2.00 bits per heavy atom. The van der Waals surface area contributed by atoms with Crippen LogP contribution in [0.1, 0.15) is 24.8 Å². The van der Waals surface area contributed by atoms with Gasteiger partial charge in [0, 0.05) is 14.5 Å². The van der Waals surface area contributed by atoms with E-state index in [1.54, 1.807) is 11.3 Å². The lowest BCUT2D eigenvalue weighted by molar-refractivity contribution is -0.115. The first kappa shape index (κ1) is 16.5. The maximum Gasteiger partial charge on any atom is 0.238 e. The molecule has 0 spiro atoms. The summed E-state index contributed by atoms with van der Waals surface area (Å²) in [5.74, 6) is 0.426. The van der Waals surface area contributed by atoms with Crippen LogP contribution in [0.15, 0.2) is 41.8 Å². The van der Waals surface area contributed by atoms with Gasteiger partial charge < -0.3 is 10.6 Å². The average molecular weight is 414 g/mol. The Labute approximate surface area is 143 Å². The van der Waals surface area contributed by atoms with Crippen LogP contribution in [-0.2, 0) is 4.79 Å². The molecule has 1 amide bonds. The van der Waals surface area contributed by atoms with Gasteiger partial charge in [-0.1, -0.05) is 32.0 Å². The Morgan fingerprint density at radius 3 is 2.62 bits per heavy atom. The summed E-state index contributed by atoms with van der Waals surface area (Å²) in [7, 11) is 0. The minimum Gasteiger partial charge on any atom is -0.324 e. The lowest BCUT2D eigenvalue weighted by Crippen LogP contribution is -2.33. The van der Waals surface area contributed by atoms with Crippen molar-refractivity contribution in [2.45, 2.75) is 19.9 Å². The molecule has 0 aliphatic rings. The molecule has 0 fully saturated rings. The fourth-order valence-corrected chi connectivity index (χ4v) is 3.59. The number of halogens is 1. The van der Waals surface area contributed by atoms with Gasteiger partial charge in [-0.15, -0.1) is 11.3 Å². The molecular formula is C16H19IN2OS. The van der Waals surface area contributed by atoms with Crippen molar-refractivity contribution in [1.29, 1.82) is 0 Å². The SMILES string of the molecule is CC(C)C(NCC(=O)Nc1ccccc1I)c1cccs1. The molecule has 2 aromatic rings. The van der Waals surface area contributed by atoms with Crippen molar-refractivity contribution in [3.8, 4) is 0 Å². The standard InChI is InChI=1S/C16H19IN2OS/c1-11(2)16(14-8-5-9-21-14)18-10-15(20)19-13-7-4-3-6-12(13)17/h3-9,11,16,18H,10H2,1-2H3,(H,19,20). The quantitative estimate of drug-likeness (QED) is 0.693. The second-order valence-electron chi connectivity index (χ2n) is 5.15. The predicted molar refractivity (Wildman–Crippen MR) is 97.7 cm³/mol. The maximum absolute atomic E-state index is 12.1. The molecule has 0 radical (unpaired) electrons. The van der Waals surface area contributed by atoms with E-state index in [4.69, 9.17) is 0 Å². The van der Waals surface area contributed by atoms with Crippen LogP contribution in [0.3, 0.4) is 0 Å². The third kappa shape index (κ3) is 4.79. The van der Waals surface area contributed by atoms with E-state index in [9.17, 15) is 4.79 Å². The smallest absolute Gasteiger partial charge is 0.238 e. The molecule has 1 unspecified atom stereocenters. The third-order valence-electron chi connectivity index (χ3n) is 3.15. The number of carbonyl (C=O) groups excluding carboxylic acids is 1. The summed E-state index contributed by atoms with van der Waals surface area (Å²) in [5, 5.41) is 8.37. The summed E-state index contributed by atoms with van der Waals surface area (Å²) in [6.07, 6.45) is 0. The Morgan fingerprint density at radius 1 is 1.24 bits per heavy atom. The predicted octanol–water partition coefficient (Wildman–Crippen LogP) is 4.28. The number of hydrogen-bond donors (Lipinski definition) is 2. The second kappa shape index (κ2) is 7.91. The fourth-order valence-electron chi connectivity index (χ4n) is 2.09. The van der Waals surface area contributed by atoms with E-state index < -0.39 is 0 Å². The lowest BCUT2D eigenvalue weighted by atomic mass is 10.0. The van der Waals surface area contributed by atoms with Crippen LogP contribution in [-0.4, -0.2) is 12.5 Å². The molecule has 2 N–H and O–H groups in total. The molecule has 0 aliphatic heterocycles. The highest BCUT2D eigenvalue weighted by molar-refractivity contribution is 14.1. The Bertz CT molecular complexity index is 584. The number of rotatable bonds is 6. The summed E-state index contributed by atoms with van der Waals surface area (Å²) in [4.78, 5) is 13.4. The van der Waals surface area contributed by atoms with Gasteiger partial charge in [0.15, 0.2) is 0 Å². The summed E-state index contributed by atoms with van der Waals surface area (Å²) < 4.78 is 1.04. The van der Waals surface area contributed by atoms with Crippen molar-refractivity contribution in [2.75, 3.05) is 11.9 Å². The van der Waals surface area contributed by atoms with Crippen molar-refractivity contribution >= 4 is 45.5 Å². The van der Waals surface area contributed by atoms with Crippen LogP contribution in [0.5, 0.6) is 0 Å². The van der Waals surface area contributed by atoms with Gasteiger partial charge in [0.1, 0.15) is 0 Å². The first-order chi connectivity index (χ1) is 10.1. The van der Waals surface area contributed by atoms with Gasteiger partial charge in [-0.3, -0.25) is 4.79 Å². The molecule has 1 atom stereocenters. The molecular weight excluding hydrogens is 395 g/mol. The van der Waals surface area contributed by atoms with Crippen molar-refractivity contribution in [1.82, 2.24) is 5.32 Å². The van der Waals surface area contributed by atoms with Crippen LogP contribution in [0.4, 0.5) is 5.69 Å². The summed E-state index contributed by atoms with van der Waals surface area (Å²) >= 11 is 3.94.